The molecule has 5 nitrogen and oxygen atoms in total. The van der Waals surface area contributed by atoms with Crippen LogP contribution in [0.3, 0.4) is 0 Å². The number of hydrogen-bond donors (Lipinski definition) is 1. The zero-order chi connectivity index (χ0) is 14.5. The van der Waals surface area contributed by atoms with E-state index in [1.165, 1.54) is 12.0 Å². The van der Waals surface area contributed by atoms with Crippen molar-refractivity contribution in [3.63, 3.8) is 0 Å². The van der Waals surface area contributed by atoms with Crippen LogP contribution in [-0.2, 0) is 13.1 Å². The normalized spacial score (nSPS) is 10.7. The summed E-state index contributed by atoms with van der Waals surface area (Å²) in [6.07, 6.45) is 8.24. The number of nitrogens with one attached hydrogen (secondary N) is 1. The van der Waals surface area contributed by atoms with E-state index in [-0.39, 0.29) is 0 Å². The van der Waals surface area contributed by atoms with Gasteiger partial charge in [0.25, 0.3) is 0 Å². The van der Waals surface area contributed by atoms with E-state index < -0.39 is 0 Å². The quantitative estimate of drug-likeness (QED) is 0.751. The van der Waals surface area contributed by atoms with Crippen LogP contribution in [0, 0.1) is 0 Å². The van der Waals surface area contributed by atoms with E-state index in [9.17, 15) is 0 Å². The van der Waals surface area contributed by atoms with Gasteiger partial charge < -0.3 is 9.73 Å². The standard InChI is InChI=1S/C16H18N4O/c1-2-6-20-11-13(9-19-20)8-18-15-5-3-4-14(7-15)16-10-17-12-21-16/h3-5,7,9-12,18H,2,6,8H2,1H3. The van der Waals surface area contributed by atoms with E-state index in [0.29, 0.717) is 0 Å². The summed E-state index contributed by atoms with van der Waals surface area (Å²) in [5, 5.41) is 7.73. The third kappa shape index (κ3) is 3.31. The molecule has 0 saturated carbocycles. The van der Waals surface area contributed by atoms with Crippen molar-refractivity contribution in [3.8, 4) is 11.3 Å². The van der Waals surface area contributed by atoms with Gasteiger partial charge in [-0.1, -0.05) is 19.1 Å². The van der Waals surface area contributed by atoms with Crippen LogP contribution in [-0.4, -0.2) is 14.8 Å². The summed E-state index contributed by atoms with van der Waals surface area (Å²) in [5.41, 5.74) is 3.24. The molecule has 0 aliphatic heterocycles. The summed E-state index contributed by atoms with van der Waals surface area (Å²) in [7, 11) is 0. The molecule has 0 aliphatic carbocycles. The van der Waals surface area contributed by atoms with Crippen LogP contribution in [0.5, 0.6) is 0 Å². The maximum absolute atomic E-state index is 5.32. The van der Waals surface area contributed by atoms with Gasteiger partial charge in [0.1, 0.15) is 0 Å². The van der Waals surface area contributed by atoms with E-state index in [1.54, 1.807) is 6.20 Å². The molecule has 0 saturated heterocycles. The lowest BCUT2D eigenvalue weighted by Crippen LogP contribution is -1.99. The highest BCUT2D eigenvalue weighted by Crippen LogP contribution is 2.22. The Hall–Kier alpha value is -2.56. The summed E-state index contributed by atoms with van der Waals surface area (Å²) in [4.78, 5) is 3.94. The van der Waals surface area contributed by atoms with Crippen LogP contribution in [0.1, 0.15) is 18.9 Å². The predicted molar refractivity (Wildman–Crippen MR) is 81.8 cm³/mol. The van der Waals surface area contributed by atoms with Gasteiger partial charge in [0.15, 0.2) is 12.2 Å². The molecule has 2 aromatic heterocycles. The second-order valence-corrected chi connectivity index (χ2v) is 4.91. The molecule has 1 N–H and O–H groups in total. The van der Waals surface area contributed by atoms with Crippen LogP contribution < -0.4 is 5.32 Å². The van der Waals surface area contributed by atoms with Crippen LogP contribution in [0.25, 0.3) is 11.3 Å². The Bertz CT molecular complexity index is 688. The fourth-order valence-electron chi connectivity index (χ4n) is 2.19. The molecule has 0 aliphatic rings. The zero-order valence-corrected chi connectivity index (χ0v) is 12.0. The molecular weight excluding hydrogens is 264 g/mol. The lowest BCUT2D eigenvalue weighted by atomic mass is 10.1. The van der Waals surface area contributed by atoms with E-state index >= 15 is 0 Å². The van der Waals surface area contributed by atoms with E-state index in [1.807, 2.05) is 29.1 Å². The van der Waals surface area contributed by atoms with E-state index in [2.05, 4.69) is 34.6 Å². The zero-order valence-electron chi connectivity index (χ0n) is 12.0. The molecule has 0 bridgehead atoms. The number of oxazole rings is 1. The minimum atomic E-state index is 0.754. The van der Waals surface area contributed by atoms with Gasteiger partial charge in [-0.2, -0.15) is 5.10 Å². The third-order valence-corrected chi connectivity index (χ3v) is 3.22. The number of rotatable bonds is 6. The molecule has 0 atom stereocenters. The van der Waals surface area contributed by atoms with Gasteiger partial charge in [0.05, 0.1) is 12.4 Å². The molecule has 3 rings (SSSR count). The largest absolute Gasteiger partial charge is 0.444 e. The summed E-state index contributed by atoms with van der Waals surface area (Å²) >= 11 is 0. The molecule has 5 heteroatoms. The molecule has 108 valence electrons. The van der Waals surface area contributed by atoms with Crippen molar-refractivity contribution in [1.29, 1.82) is 0 Å². The van der Waals surface area contributed by atoms with E-state index in [0.717, 1.165) is 36.5 Å². The molecule has 21 heavy (non-hydrogen) atoms. The van der Waals surface area contributed by atoms with Gasteiger partial charge in [0.2, 0.25) is 0 Å². The first-order chi connectivity index (χ1) is 10.3. The molecule has 0 unspecified atom stereocenters. The predicted octanol–water partition coefficient (Wildman–Crippen LogP) is 3.56. The van der Waals surface area contributed by atoms with Gasteiger partial charge in [0, 0.05) is 36.1 Å². The summed E-state index contributed by atoms with van der Waals surface area (Å²) < 4.78 is 7.29. The number of aromatic nitrogens is 3. The van der Waals surface area contributed by atoms with Crippen LogP contribution >= 0.6 is 0 Å². The maximum Gasteiger partial charge on any atom is 0.181 e. The first-order valence-corrected chi connectivity index (χ1v) is 7.09. The highest BCUT2D eigenvalue weighted by atomic mass is 16.3. The Morgan fingerprint density at radius 2 is 2.24 bits per heavy atom. The van der Waals surface area contributed by atoms with E-state index in [4.69, 9.17) is 4.42 Å². The minimum Gasteiger partial charge on any atom is -0.444 e. The first-order valence-electron chi connectivity index (χ1n) is 7.09. The average Bonchev–Trinajstić information content (AvgIpc) is 3.18. The number of benzene rings is 1. The van der Waals surface area contributed by atoms with Gasteiger partial charge in [-0.05, 0) is 18.6 Å². The first kappa shape index (κ1) is 13.4. The Balaban J connectivity index is 1.66. The molecule has 0 fully saturated rings. The minimum absolute atomic E-state index is 0.754. The van der Waals surface area contributed by atoms with Crippen LogP contribution in [0.4, 0.5) is 5.69 Å². The smallest absolute Gasteiger partial charge is 0.181 e. The van der Waals surface area contributed by atoms with Crippen molar-refractivity contribution < 1.29 is 4.42 Å². The van der Waals surface area contributed by atoms with Crippen molar-refractivity contribution in [3.05, 3.63) is 54.8 Å². The Morgan fingerprint density at radius 1 is 1.29 bits per heavy atom. The van der Waals surface area contributed by atoms with Crippen molar-refractivity contribution >= 4 is 5.69 Å². The molecule has 3 aromatic rings. The third-order valence-electron chi connectivity index (χ3n) is 3.22. The number of anilines is 1. The summed E-state index contributed by atoms with van der Waals surface area (Å²) in [6.45, 7) is 3.86. The highest BCUT2D eigenvalue weighted by Gasteiger charge is 2.03. The molecule has 2 heterocycles. The Kier molecular flexibility index (Phi) is 4.00. The van der Waals surface area contributed by atoms with Crippen molar-refractivity contribution in [2.75, 3.05) is 5.32 Å². The molecule has 0 spiro atoms. The lowest BCUT2D eigenvalue weighted by molar-refractivity contribution is 0.572. The monoisotopic (exact) mass is 282 g/mol. The molecule has 1 aromatic carbocycles. The van der Waals surface area contributed by atoms with Crippen molar-refractivity contribution in [1.82, 2.24) is 14.8 Å². The fraction of sp³-hybridized carbons (Fsp3) is 0.250. The van der Waals surface area contributed by atoms with Gasteiger partial charge >= 0.3 is 0 Å². The molecule has 0 radical (unpaired) electrons. The second-order valence-electron chi connectivity index (χ2n) is 4.91. The topological polar surface area (TPSA) is 55.9 Å². The van der Waals surface area contributed by atoms with Crippen LogP contribution in [0.2, 0.25) is 0 Å². The van der Waals surface area contributed by atoms with Gasteiger partial charge in [-0.25, -0.2) is 4.98 Å². The second kappa shape index (κ2) is 6.26. The fourth-order valence-corrected chi connectivity index (χ4v) is 2.19. The summed E-state index contributed by atoms with van der Waals surface area (Å²) in [6, 6.07) is 8.10. The number of aryl methyl sites for hydroxylation is 1. The molecule has 0 amide bonds. The van der Waals surface area contributed by atoms with Crippen molar-refractivity contribution in [2.45, 2.75) is 26.4 Å². The summed E-state index contributed by atoms with van der Waals surface area (Å²) in [5.74, 6) is 0.773. The number of hydrogen-bond acceptors (Lipinski definition) is 4. The van der Waals surface area contributed by atoms with Crippen molar-refractivity contribution in [2.24, 2.45) is 0 Å². The van der Waals surface area contributed by atoms with Gasteiger partial charge in [-0.15, -0.1) is 0 Å². The van der Waals surface area contributed by atoms with Crippen LogP contribution in [0.15, 0.2) is 53.7 Å². The van der Waals surface area contributed by atoms with Gasteiger partial charge in [-0.3, -0.25) is 4.68 Å². The lowest BCUT2D eigenvalue weighted by Gasteiger charge is -2.06. The highest BCUT2D eigenvalue weighted by molar-refractivity contribution is 5.63. The SMILES string of the molecule is CCCn1cc(CNc2cccc(-c3cnco3)c2)cn1. The maximum atomic E-state index is 5.32. The Morgan fingerprint density at radius 3 is 3.05 bits per heavy atom. The molecular formula is C16H18N4O. The number of nitrogens with zero attached hydrogens (tertiary/aromatic N) is 3. The Labute approximate surface area is 123 Å². The average molecular weight is 282 g/mol.